The molecule has 1 fully saturated rings. The highest BCUT2D eigenvalue weighted by atomic mass is 19.1. The molecule has 1 N–H and O–H groups in total. The van der Waals surface area contributed by atoms with Gasteiger partial charge in [-0.15, -0.1) is 0 Å². The van der Waals surface area contributed by atoms with Gasteiger partial charge in [-0.3, -0.25) is 4.79 Å². The van der Waals surface area contributed by atoms with E-state index < -0.39 is 17.2 Å². The first-order valence-corrected chi connectivity index (χ1v) is 7.03. The van der Waals surface area contributed by atoms with Crippen LogP contribution in [-0.2, 0) is 10.2 Å². The van der Waals surface area contributed by atoms with Crippen molar-refractivity contribution in [3.63, 3.8) is 0 Å². The minimum Gasteiger partial charge on any atom is -0.493 e. The van der Waals surface area contributed by atoms with Crippen LogP contribution in [0.25, 0.3) is 0 Å². The van der Waals surface area contributed by atoms with Gasteiger partial charge < -0.3 is 9.84 Å². The molecule has 0 aromatic heterocycles. The molecule has 1 aliphatic rings. The van der Waals surface area contributed by atoms with Gasteiger partial charge in [0.1, 0.15) is 0 Å². The Labute approximate surface area is 118 Å². The molecule has 4 heteroatoms. The van der Waals surface area contributed by atoms with Gasteiger partial charge in [-0.1, -0.05) is 32.8 Å². The van der Waals surface area contributed by atoms with E-state index in [-0.39, 0.29) is 11.7 Å². The molecular formula is C16H21FO3. The summed E-state index contributed by atoms with van der Waals surface area (Å²) >= 11 is 0. The van der Waals surface area contributed by atoms with E-state index in [1.165, 1.54) is 13.2 Å². The lowest BCUT2D eigenvalue weighted by molar-refractivity contribution is -0.143. The monoisotopic (exact) mass is 280 g/mol. The molecule has 0 amide bonds. The van der Waals surface area contributed by atoms with Crippen LogP contribution in [0.2, 0.25) is 0 Å². The summed E-state index contributed by atoms with van der Waals surface area (Å²) in [4.78, 5) is 11.8. The Morgan fingerprint density at radius 1 is 1.35 bits per heavy atom. The van der Waals surface area contributed by atoms with Gasteiger partial charge in [0.25, 0.3) is 0 Å². The molecule has 20 heavy (non-hydrogen) atoms. The Bertz CT molecular complexity index is 517. The van der Waals surface area contributed by atoms with Crippen LogP contribution in [0.15, 0.2) is 12.1 Å². The van der Waals surface area contributed by atoms with Crippen LogP contribution < -0.4 is 4.74 Å². The van der Waals surface area contributed by atoms with Crippen molar-refractivity contribution >= 4 is 5.97 Å². The molecule has 0 atom stereocenters. The van der Waals surface area contributed by atoms with Crippen molar-refractivity contribution in [2.24, 2.45) is 0 Å². The summed E-state index contributed by atoms with van der Waals surface area (Å²) in [6.45, 7) is 3.93. The van der Waals surface area contributed by atoms with Gasteiger partial charge in [-0.25, -0.2) is 4.39 Å². The Morgan fingerprint density at radius 2 is 1.95 bits per heavy atom. The molecule has 0 radical (unpaired) electrons. The molecule has 1 aliphatic carbocycles. The SMILES string of the molecule is COc1c(F)cc(C(C)C)cc1C1(C(=O)O)CCCC1. The van der Waals surface area contributed by atoms with Gasteiger partial charge in [0, 0.05) is 5.56 Å². The van der Waals surface area contributed by atoms with Crippen molar-refractivity contribution in [3.8, 4) is 5.75 Å². The standard InChI is InChI=1S/C16H21FO3/c1-10(2)11-8-12(14(20-3)13(17)9-11)16(15(18)19)6-4-5-7-16/h8-10H,4-7H2,1-3H3,(H,18,19). The highest BCUT2D eigenvalue weighted by Crippen LogP contribution is 2.46. The van der Waals surface area contributed by atoms with E-state index in [1.807, 2.05) is 19.9 Å². The Morgan fingerprint density at radius 3 is 2.40 bits per heavy atom. The van der Waals surface area contributed by atoms with Crippen LogP contribution in [0.1, 0.15) is 56.6 Å². The van der Waals surface area contributed by atoms with E-state index in [9.17, 15) is 14.3 Å². The van der Waals surface area contributed by atoms with Crippen molar-refractivity contribution in [3.05, 3.63) is 29.1 Å². The summed E-state index contributed by atoms with van der Waals surface area (Å²) in [5.74, 6) is -1.13. The van der Waals surface area contributed by atoms with Crippen molar-refractivity contribution in [2.75, 3.05) is 7.11 Å². The minimum atomic E-state index is -1.00. The van der Waals surface area contributed by atoms with Gasteiger partial charge in [0.15, 0.2) is 11.6 Å². The van der Waals surface area contributed by atoms with E-state index in [0.717, 1.165) is 18.4 Å². The minimum absolute atomic E-state index is 0.0821. The maximum atomic E-state index is 14.2. The second kappa shape index (κ2) is 5.43. The van der Waals surface area contributed by atoms with Crippen LogP contribution in [0.3, 0.4) is 0 Å². The van der Waals surface area contributed by atoms with E-state index >= 15 is 0 Å². The fourth-order valence-corrected chi connectivity index (χ4v) is 3.09. The summed E-state index contributed by atoms with van der Waals surface area (Å²) in [6.07, 6.45) is 2.78. The third-order valence-corrected chi connectivity index (χ3v) is 4.32. The summed E-state index contributed by atoms with van der Waals surface area (Å²) in [5, 5.41) is 9.68. The lowest BCUT2D eigenvalue weighted by atomic mass is 9.77. The fraction of sp³-hybridized carbons (Fsp3) is 0.562. The number of ether oxygens (including phenoxy) is 1. The molecule has 0 bridgehead atoms. The highest BCUT2D eigenvalue weighted by Gasteiger charge is 2.45. The summed E-state index contributed by atoms with van der Waals surface area (Å²) < 4.78 is 19.4. The number of carboxylic acid groups (broad SMARTS) is 1. The third-order valence-electron chi connectivity index (χ3n) is 4.32. The number of hydrogen-bond donors (Lipinski definition) is 1. The molecule has 0 saturated heterocycles. The number of hydrogen-bond acceptors (Lipinski definition) is 2. The molecular weight excluding hydrogens is 259 g/mol. The zero-order valence-electron chi connectivity index (χ0n) is 12.2. The highest BCUT2D eigenvalue weighted by molar-refractivity contribution is 5.83. The average molecular weight is 280 g/mol. The smallest absolute Gasteiger partial charge is 0.314 e. The van der Waals surface area contributed by atoms with Crippen molar-refractivity contribution in [1.82, 2.24) is 0 Å². The second-order valence-corrected chi connectivity index (χ2v) is 5.83. The first-order chi connectivity index (χ1) is 9.42. The van der Waals surface area contributed by atoms with Gasteiger partial charge in [-0.05, 0) is 30.4 Å². The molecule has 3 nitrogen and oxygen atoms in total. The quantitative estimate of drug-likeness (QED) is 0.911. The van der Waals surface area contributed by atoms with Crippen LogP contribution in [-0.4, -0.2) is 18.2 Å². The Hall–Kier alpha value is -1.58. The van der Waals surface area contributed by atoms with Crippen molar-refractivity contribution < 1.29 is 19.0 Å². The topological polar surface area (TPSA) is 46.5 Å². The molecule has 1 saturated carbocycles. The summed E-state index contributed by atoms with van der Waals surface area (Å²) in [7, 11) is 1.39. The second-order valence-electron chi connectivity index (χ2n) is 5.83. The van der Waals surface area contributed by atoms with Crippen LogP contribution in [0, 0.1) is 5.82 Å². The summed E-state index contributed by atoms with van der Waals surface area (Å²) in [6, 6.07) is 3.25. The number of halogens is 1. The normalized spacial score (nSPS) is 17.4. The summed E-state index contributed by atoms with van der Waals surface area (Å²) in [5.41, 5.74) is 0.302. The average Bonchev–Trinajstić information content (AvgIpc) is 2.88. The van der Waals surface area contributed by atoms with Gasteiger partial charge in [0.05, 0.1) is 12.5 Å². The third kappa shape index (κ3) is 2.28. The molecule has 0 spiro atoms. The van der Waals surface area contributed by atoms with Gasteiger partial charge in [0.2, 0.25) is 0 Å². The molecule has 2 rings (SSSR count). The number of rotatable bonds is 4. The van der Waals surface area contributed by atoms with Crippen LogP contribution >= 0.6 is 0 Å². The zero-order chi connectivity index (χ0) is 14.9. The maximum absolute atomic E-state index is 14.2. The molecule has 0 unspecified atom stereocenters. The lowest BCUT2D eigenvalue weighted by Gasteiger charge is -2.27. The molecule has 1 aromatic carbocycles. The Kier molecular flexibility index (Phi) is 4.02. The first-order valence-electron chi connectivity index (χ1n) is 7.03. The van der Waals surface area contributed by atoms with Gasteiger partial charge in [-0.2, -0.15) is 0 Å². The van der Waals surface area contributed by atoms with Crippen LogP contribution in [0.5, 0.6) is 5.75 Å². The van der Waals surface area contributed by atoms with Crippen molar-refractivity contribution in [2.45, 2.75) is 50.9 Å². The predicted molar refractivity (Wildman–Crippen MR) is 74.8 cm³/mol. The number of carboxylic acids is 1. The predicted octanol–water partition coefficient (Wildman–Crippen LogP) is 3.85. The van der Waals surface area contributed by atoms with E-state index in [4.69, 9.17) is 4.74 Å². The van der Waals surface area contributed by atoms with Crippen molar-refractivity contribution in [1.29, 1.82) is 0 Å². The van der Waals surface area contributed by atoms with E-state index in [1.54, 1.807) is 0 Å². The molecule has 0 heterocycles. The van der Waals surface area contributed by atoms with E-state index in [0.29, 0.717) is 18.4 Å². The number of benzene rings is 1. The Balaban J connectivity index is 2.67. The number of methoxy groups -OCH3 is 1. The maximum Gasteiger partial charge on any atom is 0.314 e. The zero-order valence-corrected chi connectivity index (χ0v) is 12.2. The van der Waals surface area contributed by atoms with Crippen LogP contribution in [0.4, 0.5) is 4.39 Å². The molecule has 0 aliphatic heterocycles. The van der Waals surface area contributed by atoms with Gasteiger partial charge >= 0.3 is 5.97 Å². The first kappa shape index (κ1) is 14.8. The fourth-order valence-electron chi connectivity index (χ4n) is 3.09. The molecule has 1 aromatic rings. The van der Waals surface area contributed by atoms with E-state index in [2.05, 4.69) is 0 Å². The number of carbonyl (C=O) groups is 1. The lowest BCUT2D eigenvalue weighted by Crippen LogP contribution is -2.33. The molecule has 110 valence electrons. The number of aliphatic carboxylic acids is 1. The largest absolute Gasteiger partial charge is 0.493 e.